The number of fused-ring (bicyclic) bond motifs is 1. The van der Waals surface area contributed by atoms with Crippen molar-refractivity contribution in [1.82, 2.24) is 5.32 Å². The second kappa shape index (κ2) is 6.58. The topological polar surface area (TPSA) is 84.9 Å². The van der Waals surface area contributed by atoms with Crippen LogP contribution >= 0.6 is 0 Å². The molecule has 1 aromatic carbocycles. The summed E-state index contributed by atoms with van der Waals surface area (Å²) < 4.78 is 11.2. The summed E-state index contributed by atoms with van der Waals surface area (Å²) in [7, 11) is 0. The Morgan fingerprint density at radius 2 is 1.76 bits per heavy atom. The molecule has 0 aromatic heterocycles. The van der Waals surface area contributed by atoms with Gasteiger partial charge in [-0.15, -0.1) is 0 Å². The molecule has 1 aliphatic heterocycles. The summed E-state index contributed by atoms with van der Waals surface area (Å²) in [4.78, 5) is 23.8. The SMILES string of the molecule is O=C(O)[C@@H]1CC[C@H](C(=O)N[C@H](c2ccc3c(c2)OCCO3)C2CC2)C1. The van der Waals surface area contributed by atoms with Crippen LogP contribution in [0.5, 0.6) is 11.5 Å². The summed E-state index contributed by atoms with van der Waals surface area (Å²) in [6.45, 7) is 1.09. The van der Waals surface area contributed by atoms with Crippen LogP contribution in [-0.2, 0) is 9.59 Å². The number of carbonyl (C=O) groups is 2. The first-order valence-electron chi connectivity index (χ1n) is 9.04. The lowest BCUT2D eigenvalue weighted by Crippen LogP contribution is -2.34. The Morgan fingerprint density at radius 3 is 2.44 bits per heavy atom. The van der Waals surface area contributed by atoms with Gasteiger partial charge in [0.2, 0.25) is 5.91 Å². The van der Waals surface area contributed by atoms with E-state index in [-0.39, 0.29) is 23.8 Å². The number of hydrogen-bond donors (Lipinski definition) is 2. The highest BCUT2D eigenvalue weighted by Gasteiger charge is 2.38. The first-order valence-corrected chi connectivity index (χ1v) is 9.04. The molecule has 2 aliphatic carbocycles. The molecule has 6 heteroatoms. The molecule has 1 heterocycles. The summed E-state index contributed by atoms with van der Waals surface area (Å²) in [5, 5.41) is 12.3. The number of carboxylic acids is 1. The lowest BCUT2D eigenvalue weighted by molar-refractivity contribution is -0.141. The highest BCUT2D eigenvalue weighted by Crippen LogP contribution is 2.44. The normalized spacial score (nSPS) is 26.1. The number of benzene rings is 1. The minimum absolute atomic E-state index is 0.0180. The Balaban J connectivity index is 1.47. The third-order valence-electron chi connectivity index (χ3n) is 5.47. The van der Waals surface area contributed by atoms with Crippen molar-refractivity contribution in [3.8, 4) is 11.5 Å². The standard InChI is InChI=1S/C19H23NO5/c21-18(13-3-4-14(9-13)19(22)23)20-17(11-1-2-11)12-5-6-15-16(10-12)25-8-7-24-15/h5-6,10-11,13-14,17H,1-4,7-9H2,(H,20,21)(H,22,23)/t13-,14+,17-/m0/s1. The molecule has 1 aromatic rings. The van der Waals surface area contributed by atoms with Crippen LogP contribution in [0.1, 0.15) is 43.7 Å². The molecule has 3 atom stereocenters. The van der Waals surface area contributed by atoms with Gasteiger partial charge in [0.05, 0.1) is 12.0 Å². The first kappa shape index (κ1) is 16.2. The highest BCUT2D eigenvalue weighted by atomic mass is 16.6. The summed E-state index contributed by atoms with van der Waals surface area (Å²) in [6.07, 6.45) is 3.89. The van der Waals surface area contributed by atoms with Gasteiger partial charge in [-0.25, -0.2) is 0 Å². The fourth-order valence-electron chi connectivity index (χ4n) is 3.87. The highest BCUT2D eigenvalue weighted by molar-refractivity contribution is 5.81. The van der Waals surface area contributed by atoms with E-state index >= 15 is 0 Å². The Morgan fingerprint density at radius 1 is 1.04 bits per heavy atom. The van der Waals surface area contributed by atoms with Crippen molar-refractivity contribution in [2.24, 2.45) is 17.8 Å². The molecule has 0 unspecified atom stereocenters. The van der Waals surface area contributed by atoms with E-state index in [0.717, 1.165) is 29.9 Å². The number of hydrogen-bond acceptors (Lipinski definition) is 4. The predicted octanol–water partition coefficient (Wildman–Crippen LogP) is 2.53. The molecule has 2 N–H and O–H groups in total. The van der Waals surface area contributed by atoms with Crippen molar-refractivity contribution in [1.29, 1.82) is 0 Å². The summed E-state index contributed by atoms with van der Waals surface area (Å²) in [5.74, 6) is 0.537. The van der Waals surface area contributed by atoms with Crippen LogP contribution in [-0.4, -0.2) is 30.2 Å². The van der Waals surface area contributed by atoms with E-state index in [0.29, 0.717) is 38.4 Å². The molecule has 0 radical (unpaired) electrons. The Labute approximate surface area is 146 Å². The monoisotopic (exact) mass is 345 g/mol. The zero-order chi connectivity index (χ0) is 17.4. The molecule has 0 bridgehead atoms. The minimum atomic E-state index is -0.791. The lowest BCUT2D eigenvalue weighted by atomic mass is 9.99. The summed E-state index contributed by atoms with van der Waals surface area (Å²) in [6, 6.07) is 5.83. The fraction of sp³-hybridized carbons (Fsp3) is 0.579. The van der Waals surface area contributed by atoms with Crippen LogP contribution in [0.2, 0.25) is 0 Å². The fourth-order valence-corrected chi connectivity index (χ4v) is 3.87. The zero-order valence-corrected chi connectivity index (χ0v) is 14.1. The molecule has 134 valence electrons. The molecule has 2 fully saturated rings. The van der Waals surface area contributed by atoms with Crippen molar-refractivity contribution in [2.45, 2.75) is 38.1 Å². The maximum absolute atomic E-state index is 12.7. The summed E-state index contributed by atoms with van der Waals surface area (Å²) >= 11 is 0. The first-order chi connectivity index (χ1) is 12.1. The average molecular weight is 345 g/mol. The van der Waals surface area contributed by atoms with E-state index in [1.165, 1.54) is 0 Å². The van der Waals surface area contributed by atoms with Crippen LogP contribution < -0.4 is 14.8 Å². The van der Waals surface area contributed by atoms with E-state index in [1.54, 1.807) is 0 Å². The van der Waals surface area contributed by atoms with E-state index in [2.05, 4.69) is 5.32 Å². The molecule has 4 rings (SSSR count). The van der Waals surface area contributed by atoms with Gasteiger partial charge >= 0.3 is 5.97 Å². The van der Waals surface area contributed by atoms with Gasteiger partial charge in [-0.3, -0.25) is 9.59 Å². The number of amides is 1. The van der Waals surface area contributed by atoms with Crippen molar-refractivity contribution >= 4 is 11.9 Å². The van der Waals surface area contributed by atoms with Crippen LogP contribution in [0.15, 0.2) is 18.2 Å². The lowest BCUT2D eigenvalue weighted by Gasteiger charge is -2.24. The van der Waals surface area contributed by atoms with Crippen molar-refractivity contribution in [3.05, 3.63) is 23.8 Å². The van der Waals surface area contributed by atoms with Gasteiger partial charge in [-0.2, -0.15) is 0 Å². The van der Waals surface area contributed by atoms with Crippen LogP contribution in [0.3, 0.4) is 0 Å². The zero-order valence-electron chi connectivity index (χ0n) is 14.1. The average Bonchev–Trinajstić information content (AvgIpc) is 3.33. The van der Waals surface area contributed by atoms with Gasteiger partial charge in [0.15, 0.2) is 11.5 Å². The Hall–Kier alpha value is -2.24. The van der Waals surface area contributed by atoms with E-state index in [1.807, 2.05) is 18.2 Å². The van der Waals surface area contributed by atoms with Gasteiger partial charge < -0.3 is 19.9 Å². The number of carbonyl (C=O) groups excluding carboxylic acids is 1. The molecule has 0 spiro atoms. The number of carboxylic acid groups (broad SMARTS) is 1. The Kier molecular flexibility index (Phi) is 4.27. The van der Waals surface area contributed by atoms with Crippen molar-refractivity contribution < 1.29 is 24.2 Å². The van der Waals surface area contributed by atoms with Crippen LogP contribution in [0.4, 0.5) is 0 Å². The second-order valence-corrected chi connectivity index (χ2v) is 7.27. The van der Waals surface area contributed by atoms with Gasteiger partial charge in [-0.1, -0.05) is 6.07 Å². The molecule has 0 saturated heterocycles. The molecule has 3 aliphatic rings. The van der Waals surface area contributed by atoms with Crippen LogP contribution in [0, 0.1) is 17.8 Å². The van der Waals surface area contributed by atoms with Crippen molar-refractivity contribution in [3.63, 3.8) is 0 Å². The third-order valence-corrected chi connectivity index (χ3v) is 5.47. The molecule has 25 heavy (non-hydrogen) atoms. The molecule has 6 nitrogen and oxygen atoms in total. The molecule has 2 saturated carbocycles. The second-order valence-electron chi connectivity index (χ2n) is 7.27. The largest absolute Gasteiger partial charge is 0.486 e. The van der Waals surface area contributed by atoms with Crippen LogP contribution in [0.25, 0.3) is 0 Å². The quantitative estimate of drug-likeness (QED) is 0.857. The number of nitrogens with one attached hydrogen (secondary N) is 1. The van der Waals surface area contributed by atoms with Gasteiger partial charge in [0, 0.05) is 5.92 Å². The number of aliphatic carboxylic acids is 1. The smallest absolute Gasteiger partial charge is 0.306 e. The maximum Gasteiger partial charge on any atom is 0.306 e. The molecular weight excluding hydrogens is 322 g/mol. The van der Waals surface area contributed by atoms with Gasteiger partial charge in [-0.05, 0) is 55.7 Å². The van der Waals surface area contributed by atoms with Gasteiger partial charge in [0.25, 0.3) is 0 Å². The minimum Gasteiger partial charge on any atom is -0.486 e. The number of rotatable bonds is 5. The van der Waals surface area contributed by atoms with E-state index < -0.39 is 5.97 Å². The van der Waals surface area contributed by atoms with E-state index in [4.69, 9.17) is 14.6 Å². The molecular formula is C19H23NO5. The maximum atomic E-state index is 12.7. The number of ether oxygens (including phenoxy) is 2. The van der Waals surface area contributed by atoms with Crippen molar-refractivity contribution in [2.75, 3.05) is 13.2 Å². The van der Waals surface area contributed by atoms with Gasteiger partial charge in [0.1, 0.15) is 13.2 Å². The Bertz CT molecular complexity index is 684. The summed E-state index contributed by atoms with van der Waals surface area (Å²) in [5.41, 5.74) is 1.04. The third kappa shape index (κ3) is 3.43. The predicted molar refractivity (Wildman–Crippen MR) is 89.5 cm³/mol. The molecule has 1 amide bonds. The van der Waals surface area contributed by atoms with E-state index in [9.17, 15) is 9.59 Å².